The maximum absolute atomic E-state index is 11.8. The molecule has 2 aromatic rings. The number of esters is 3. The summed E-state index contributed by atoms with van der Waals surface area (Å²) >= 11 is 6.31. The van der Waals surface area contributed by atoms with Gasteiger partial charge >= 0.3 is 17.9 Å². The summed E-state index contributed by atoms with van der Waals surface area (Å²) in [5.74, 6) is -0.881. The van der Waals surface area contributed by atoms with Crippen molar-refractivity contribution in [3.63, 3.8) is 0 Å². The summed E-state index contributed by atoms with van der Waals surface area (Å²) in [7, 11) is 0. The summed E-state index contributed by atoms with van der Waals surface area (Å²) in [5.41, 5.74) is 0.766. The molecule has 0 aromatic carbocycles. The van der Waals surface area contributed by atoms with Crippen LogP contribution in [0.25, 0.3) is 11.2 Å². The van der Waals surface area contributed by atoms with Gasteiger partial charge in [0.1, 0.15) is 24.1 Å². The summed E-state index contributed by atoms with van der Waals surface area (Å²) in [5, 5.41) is 0.209. The molecule has 31 heavy (non-hydrogen) atoms. The molecule has 166 valence electrons. The first-order chi connectivity index (χ1) is 14.7. The van der Waals surface area contributed by atoms with E-state index >= 15 is 0 Å². The first kappa shape index (κ1) is 21.4. The highest BCUT2D eigenvalue weighted by atomic mass is 35.5. The van der Waals surface area contributed by atoms with E-state index in [1.54, 1.807) is 4.57 Å². The van der Waals surface area contributed by atoms with E-state index in [1.807, 2.05) is 0 Å². The van der Waals surface area contributed by atoms with E-state index in [0.29, 0.717) is 17.0 Å². The van der Waals surface area contributed by atoms with Crippen LogP contribution in [0.15, 0.2) is 6.33 Å². The van der Waals surface area contributed by atoms with Gasteiger partial charge in [0.2, 0.25) is 0 Å². The van der Waals surface area contributed by atoms with E-state index in [-0.39, 0.29) is 17.7 Å². The van der Waals surface area contributed by atoms with Gasteiger partial charge in [-0.3, -0.25) is 19.0 Å². The standard InChI is InChI=1S/C19H21ClN4O7/c1-8(25)28-6-12-14(29-9(2)26)15(30-10(3)27)19(31-12)24-7-21-13-16(20)22-17(11-4-5-11)23-18(13)24/h7,11-12,14-15,19H,4-6H2,1-3H3/t12-,14-,15-,19-/m1/s1. The van der Waals surface area contributed by atoms with Gasteiger partial charge in [0, 0.05) is 26.7 Å². The first-order valence-corrected chi connectivity index (χ1v) is 10.2. The Morgan fingerprint density at radius 2 is 1.77 bits per heavy atom. The van der Waals surface area contributed by atoms with Crippen molar-refractivity contribution in [1.29, 1.82) is 0 Å². The summed E-state index contributed by atoms with van der Waals surface area (Å²) < 4.78 is 23.5. The second-order valence-electron chi connectivity index (χ2n) is 7.49. The maximum Gasteiger partial charge on any atom is 0.303 e. The largest absolute Gasteiger partial charge is 0.463 e. The number of carbonyl (C=O) groups is 3. The first-order valence-electron chi connectivity index (χ1n) is 9.77. The number of fused-ring (bicyclic) bond motifs is 1. The molecule has 1 saturated carbocycles. The molecule has 0 spiro atoms. The fraction of sp³-hybridized carbons (Fsp3) is 0.579. The molecule has 12 heteroatoms. The van der Waals surface area contributed by atoms with Crippen molar-refractivity contribution in [2.45, 2.75) is 64.1 Å². The fourth-order valence-corrected chi connectivity index (χ4v) is 3.74. The Balaban J connectivity index is 1.74. The van der Waals surface area contributed by atoms with E-state index < -0.39 is 42.4 Å². The second kappa shape index (κ2) is 8.39. The van der Waals surface area contributed by atoms with Gasteiger partial charge in [-0.25, -0.2) is 15.0 Å². The summed E-state index contributed by atoms with van der Waals surface area (Å²) in [4.78, 5) is 48.0. The number of aromatic nitrogens is 4. The molecule has 4 rings (SSSR count). The van der Waals surface area contributed by atoms with Crippen molar-refractivity contribution < 1.29 is 33.3 Å². The topological polar surface area (TPSA) is 132 Å². The molecule has 0 radical (unpaired) electrons. The third-order valence-electron chi connectivity index (χ3n) is 4.95. The molecule has 1 aliphatic carbocycles. The van der Waals surface area contributed by atoms with Crippen LogP contribution < -0.4 is 0 Å². The van der Waals surface area contributed by atoms with Crippen molar-refractivity contribution in [1.82, 2.24) is 19.5 Å². The van der Waals surface area contributed by atoms with Gasteiger partial charge in [0.05, 0.1) is 6.33 Å². The van der Waals surface area contributed by atoms with Gasteiger partial charge in [0.15, 0.2) is 29.2 Å². The van der Waals surface area contributed by atoms with Crippen LogP contribution in [0, 0.1) is 0 Å². The maximum atomic E-state index is 11.8. The van der Waals surface area contributed by atoms with Crippen LogP contribution in [0.2, 0.25) is 5.15 Å². The minimum absolute atomic E-state index is 0.197. The number of ether oxygens (including phenoxy) is 4. The lowest BCUT2D eigenvalue weighted by atomic mass is 10.1. The smallest absolute Gasteiger partial charge is 0.303 e. The summed E-state index contributed by atoms with van der Waals surface area (Å²) in [6.45, 7) is 3.51. The fourth-order valence-electron chi connectivity index (χ4n) is 3.52. The highest BCUT2D eigenvalue weighted by Crippen LogP contribution is 2.40. The van der Waals surface area contributed by atoms with E-state index in [9.17, 15) is 14.4 Å². The molecule has 11 nitrogen and oxygen atoms in total. The minimum Gasteiger partial charge on any atom is -0.463 e. The van der Waals surface area contributed by atoms with Crippen LogP contribution in [0.5, 0.6) is 0 Å². The number of carbonyl (C=O) groups excluding carboxylic acids is 3. The Morgan fingerprint density at radius 1 is 1.10 bits per heavy atom. The van der Waals surface area contributed by atoms with Gasteiger partial charge in [-0.15, -0.1) is 0 Å². The molecule has 0 unspecified atom stereocenters. The van der Waals surface area contributed by atoms with Gasteiger partial charge in [-0.2, -0.15) is 0 Å². The number of hydrogen-bond acceptors (Lipinski definition) is 10. The van der Waals surface area contributed by atoms with E-state index in [1.165, 1.54) is 27.1 Å². The monoisotopic (exact) mass is 452 g/mol. The lowest BCUT2D eigenvalue weighted by Crippen LogP contribution is -2.40. The zero-order valence-corrected chi connectivity index (χ0v) is 17.9. The zero-order chi connectivity index (χ0) is 22.3. The Labute approximate surface area is 182 Å². The van der Waals surface area contributed by atoms with Crippen LogP contribution in [0.1, 0.15) is 51.6 Å². The van der Waals surface area contributed by atoms with Crippen molar-refractivity contribution in [3.8, 4) is 0 Å². The number of nitrogens with zero attached hydrogens (tertiary/aromatic N) is 4. The van der Waals surface area contributed by atoms with E-state index in [4.69, 9.17) is 30.5 Å². The Bertz CT molecular complexity index is 1040. The molecule has 2 fully saturated rings. The van der Waals surface area contributed by atoms with Crippen molar-refractivity contribution in [2.75, 3.05) is 6.61 Å². The highest BCUT2D eigenvalue weighted by molar-refractivity contribution is 6.33. The van der Waals surface area contributed by atoms with Crippen LogP contribution in [-0.2, 0) is 33.3 Å². The number of rotatable bonds is 6. The molecule has 1 saturated heterocycles. The molecule has 4 atom stereocenters. The van der Waals surface area contributed by atoms with Gasteiger partial charge in [-0.05, 0) is 12.8 Å². The quantitative estimate of drug-likeness (QED) is 0.362. The molecular formula is C19H21ClN4O7. The van der Waals surface area contributed by atoms with Crippen LogP contribution >= 0.6 is 11.6 Å². The predicted molar refractivity (Wildman–Crippen MR) is 104 cm³/mol. The van der Waals surface area contributed by atoms with E-state index in [2.05, 4.69) is 15.0 Å². The molecule has 0 N–H and O–H groups in total. The number of hydrogen-bond donors (Lipinski definition) is 0. The van der Waals surface area contributed by atoms with E-state index in [0.717, 1.165) is 12.8 Å². The average Bonchev–Trinajstić information content (AvgIpc) is 3.37. The SMILES string of the molecule is CC(=O)OC[C@H]1O[C@@H](n2cnc3c(Cl)nc(C4CC4)nc32)[C@H](OC(C)=O)[C@@H]1OC(C)=O. The molecule has 3 heterocycles. The van der Waals surface area contributed by atoms with Crippen molar-refractivity contribution >= 4 is 40.7 Å². The van der Waals surface area contributed by atoms with Crippen LogP contribution in [-0.4, -0.2) is 62.3 Å². The van der Waals surface area contributed by atoms with Crippen LogP contribution in [0.3, 0.4) is 0 Å². The Hall–Kier alpha value is -2.79. The number of halogens is 1. The third-order valence-corrected chi connectivity index (χ3v) is 5.22. The average molecular weight is 453 g/mol. The molecule has 2 aliphatic rings. The molecule has 0 amide bonds. The normalized spacial score (nSPS) is 25.4. The summed E-state index contributed by atoms with van der Waals surface area (Å²) in [6.07, 6.45) is -0.463. The van der Waals surface area contributed by atoms with Gasteiger partial charge in [-0.1, -0.05) is 11.6 Å². The Kier molecular flexibility index (Phi) is 5.80. The lowest BCUT2D eigenvalue weighted by molar-refractivity contribution is -0.166. The number of imidazole rings is 1. The van der Waals surface area contributed by atoms with Crippen molar-refractivity contribution in [2.24, 2.45) is 0 Å². The third kappa shape index (κ3) is 4.47. The summed E-state index contributed by atoms with van der Waals surface area (Å²) in [6, 6.07) is 0. The second-order valence-corrected chi connectivity index (χ2v) is 7.84. The molecule has 2 aromatic heterocycles. The van der Waals surface area contributed by atoms with Crippen molar-refractivity contribution in [3.05, 3.63) is 17.3 Å². The molecular weight excluding hydrogens is 432 g/mol. The Morgan fingerprint density at radius 3 is 2.39 bits per heavy atom. The molecule has 0 bridgehead atoms. The van der Waals surface area contributed by atoms with Crippen LogP contribution in [0.4, 0.5) is 0 Å². The highest BCUT2D eigenvalue weighted by Gasteiger charge is 2.51. The predicted octanol–water partition coefficient (Wildman–Crippen LogP) is 1.68. The van der Waals surface area contributed by atoms with Gasteiger partial charge < -0.3 is 18.9 Å². The lowest BCUT2D eigenvalue weighted by Gasteiger charge is -2.23. The molecule has 1 aliphatic heterocycles. The van der Waals surface area contributed by atoms with Gasteiger partial charge in [0.25, 0.3) is 0 Å². The zero-order valence-electron chi connectivity index (χ0n) is 17.1. The minimum atomic E-state index is -1.03.